The van der Waals surface area contributed by atoms with Gasteiger partial charge < -0.3 is 9.72 Å². The first-order valence-electron chi connectivity index (χ1n) is 7.59. The van der Waals surface area contributed by atoms with Gasteiger partial charge in [0.1, 0.15) is 11.4 Å². The van der Waals surface area contributed by atoms with Crippen molar-refractivity contribution in [3.8, 4) is 11.4 Å². The van der Waals surface area contributed by atoms with E-state index in [2.05, 4.69) is 29.0 Å². The Morgan fingerprint density at radius 2 is 2.05 bits per heavy atom. The highest BCUT2D eigenvalue weighted by Crippen LogP contribution is 2.48. The van der Waals surface area contributed by atoms with Gasteiger partial charge in [-0.15, -0.1) is 0 Å². The first-order valence-corrected chi connectivity index (χ1v) is 7.59. The number of ether oxygens (including phenoxy) is 1. The average molecular weight is 282 g/mol. The highest BCUT2D eigenvalue weighted by Gasteiger charge is 2.48. The SMILES string of the molecule is CCc1ccc(-c2nc3c(c(=O)[nH]2)C2(CCC2)OC3)cc1. The van der Waals surface area contributed by atoms with Crippen LogP contribution in [0.5, 0.6) is 0 Å². The molecule has 0 amide bonds. The van der Waals surface area contributed by atoms with Gasteiger partial charge in [-0.3, -0.25) is 4.79 Å². The van der Waals surface area contributed by atoms with E-state index in [1.165, 1.54) is 5.56 Å². The number of benzene rings is 1. The first-order chi connectivity index (χ1) is 10.2. The average Bonchev–Trinajstić information content (AvgIpc) is 2.87. The van der Waals surface area contributed by atoms with Gasteiger partial charge in [0.15, 0.2) is 0 Å². The number of hydrogen-bond donors (Lipinski definition) is 1. The zero-order valence-electron chi connectivity index (χ0n) is 12.1. The smallest absolute Gasteiger partial charge is 0.257 e. The minimum Gasteiger partial charge on any atom is -0.364 e. The lowest BCUT2D eigenvalue weighted by Crippen LogP contribution is -2.38. The second-order valence-corrected chi connectivity index (χ2v) is 5.92. The molecule has 4 heteroatoms. The van der Waals surface area contributed by atoms with Crippen LogP contribution in [0.15, 0.2) is 29.1 Å². The maximum Gasteiger partial charge on any atom is 0.257 e. The second-order valence-electron chi connectivity index (χ2n) is 5.92. The van der Waals surface area contributed by atoms with Crippen LogP contribution in [0.3, 0.4) is 0 Å². The van der Waals surface area contributed by atoms with E-state index in [0.717, 1.165) is 42.5 Å². The van der Waals surface area contributed by atoms with Crippen LogP contribution in [0.25, 0.3) is 11.4 Å². The molecule has 1 saturated carbocycles. The predicted molar refractivity (Wildman–Crippen MR) is 80.0 cm³/mol. The fraction of sp³-hybridized carbons (Fsp3) is 0.412. The molecule has 0 bridgehead atoms. The summed E-state index contributed by atoms with van der Waals surface area (Å²) in [5.74, 6) is 0.640. The molecule has 0 atom stereocenters. The molecule has 1 aliphatic carbocycles. The number of fused-ring (bicyclic) bond motifs is 2. The number of nitrogens with zero attached hydrogens (tertiary/aromatic N) is 1. The van der Waals surface area contributed by atoms with E-state index in [1.54, 1.807) is 0 Å². The third-order valence-electron chi connectivity index (χ3n) is 4.73. The summed E-state index contributed by atoms with van der Waals surface area (Å²) >= 11 is 0. The molecule has 4 nitrogen and oxygen atoms in total. The van der Waals surface area contributed by atoms with Crippen LogP contribution in [0.4, 0.5) is 0 Å². The van der Waals surface area contributed by atoms with Gasteiger partial charge in [0, 0.05) is 5.56 Å². The maximum atomic E-state index is 12.5. The zero-order valence-corrected chi connectivity index (χ0v) is 12.1. The zero-order chi connectivity index (χ0) is 14.4. The third kappa shape index (κ3) is 1.86. The molecule has 1 spiro atoms. The molecular formula is C17H18N2O2. The minimum absolute atomic E-state index is 0.0354. The van der Waals surface area contributed by atoms with Gasteiger partial charge in [-0.1, -0.05) is 31.2 Å². The second kappa shape index (κ2) is 4.53. The molecule has 1 N–H and O–H groups in total. The molecule has 1 aromatic heterocycles. The van der Waals surface area contributed by atoms with Gasteiger partial charge in [-0.2, -0.15) is 0 Å². The molecule has 21 heavy (non-hydrogen) atoms. The Labute approximate surface area is 123 Å². The summed E-state index contributed by atoms with van der Waals surface area (Å²) < 4.78 is 5.87. The molecule has 1 aliphatic heterocycles. The van der Waals surface area contributed by atoms with Crippen LogP contribution >= 0.6 is 0 Å². The molecule has 0 unspecified atom stereocenters. The van der Waals surface area contributed by atoms with E-state index in [4.69, 9.17) is 4.74 Å². The molecule has 0 saturated heterocycles. The van der Waals surface area contributed by atoms with Crippen LogP contribution in [0.2, 0.25) is 0 Å². The normalized spacial score (nSPS) is 18.5. The highest BCUT2D eigenvalue weighted by molar-refractivity contribution is 5.56. The van der Waals surface area contributed by atoms with E-state index < -0.39 is 0 Å². The summed E-state index contributed by atoms with van der Waals surface area (Å²) in [5.41, 5.74) is 3.43. The van der Waals surface area contributed by atoms with Crippen molar-refractivity contribution < 1.29 is 4.74 Å². The molecule has 108 valence electrons. The standard InChI is InChI=1S/C17H18N2O2/c1-2-11-4-6-12(7-5-11)15-18-13-10-21-17(8-3-9-17)14(13)16(20)19-15/h4-7H,2-3,8-10H2,1H3,(H,18,19,20). The number of aryl methyl sites for hydroxylation is 1. The van der Waals surface area contributed by atoms with Crippen LogP contribution in [-0.2, 0) is 23.4 Å². The number of aromatic amines is 1. The van der Waals surface area contributed by atoms with Gasteiger partial charge in [0.25, 0.3) is 5.56 Å². The van der Waals surface area contributed by atoms with Crippen LogP contribution in [0.1, 0.15) is 43.0 Å². The van der Waals surface area contributed by atoms with E-state index in [-0.39, 0.29) is 11.2 Å². The van der Waals surface area contributed by atoms with Gasteiger partial charge >= 0.3 is 0 Å². The summed E-state index contributed by atoms with van der Waals surface area (Å²) in [6, 6.07) is 8.18. The highest BCUT2D eigenvalue weighted by atomic mass is 16.5. The summed E-state index contributed by atoms with van der Waals surface area (Å²) in [6.45, 7) is 2.58. The lowest BCUT2D eigenvalue weighted by molar-refractivity contribution is -0.0952. The first kappa shape index (κ1) is 12.8. The Morgan fingerprint density at radius 3 is 2.67 bits per heavy atom. The summed E-state index contributed by atoms with van der Waals surface area (Å²) in [7, 11) is 0. The Bertz CT molecular complexity index is 742. The van der Waals surface area contributed by atoms with Crippen molar-refractivity contribution in [2.75, 3.05) is 0 Å². The Balaban J connectivity index is 1.78. The molecule has 1 aromatic carbocycles. The van der Waals surface area contributed by atoms with Crippen molar-refractivity contribution in [3.63, 3.8) is 0 Å². The molecule has 1 fully saturated rings. The summed E-state index contributed by atoms with van der Waals surface area (Å²) in [4.78, 5) is 20.0. The summed E-state index contributed by atoms with van der Waals surface area (Å²) in [6.07, 6.45) is 4.01. The van der Waals surface area contributed by atoms with Crippen LogP contribution < -0.4 is 5.56 Å². The minimum atomic E-state index is -0.333. The fourth-order valence-electron chi connectivity index (χ4n) is 3.30. The van der Waals surface area contributed by atoms with Crippen molar-refractivity contribution >= 4 is 0 Å². The number of nitrogens with one attached hydrogen (secondary N) is 1. The number of aromatic nitrogens is 2. The molecule has 4 rings (SSSR count). The number of hydrogen-bond acceptors (Lipinski definition) is 3. The summed E-state index contributed by atoms with van der Waals surface area (Å²) in [5, 5.41) is 0. The van der Waals surface area contributed by atoms with Crippen molar-refractivity contribution in [2.45, 2.75) is 44.8 Å². The van der Waals surface area contributed by atoms with Gasteiger partial charge in [-0.25, -0.2) is 4.98 Å². The Hall–Kier alpha value is -1.94. The molecular weight excluding hydrogens is 264 g/mol. The predicted octanol–water partition coefficient (Wildman–Crippen LogP) is 2.91. The maximum absolute atomic E-state index is 12.5. The quantitative estimate of drug-likeness (QED) is 0.921. The van der Waals surface area contributed by atoms with E-state index >= 15 is 0 Å². The Morgan fingerprint density at radius 1 is 1.29 bits per heavy atom. The number of rotatable bonds is 2. The van der Waals surface area contributed by atoms with Crippen LogP contribution in [-0.4, -0.2) is 9.97 Å². The van der Waals surface area contributed by atoms with Crippen molar-refractivity contribution in [1.82, 2.24) is 9.97 Å². The molecule has 0 radical (unpaired) electrons. The number of H-pyrrole nitrogens is 1. The van der Waals surface area contributed by atoms with E-state index in [9.17, 15) is 4.79 Å². The van der Waals surface area contributed by atoms with E-state index in [1.807, 2.05) is 12.1 Å². The van der Waals surface area contributed by atoms with Crippen molar-refractivity contribution in [1.29, 1.82) is 0 Å². The monoisotopic (exact) mass is 282 g/mol. The Kier molecular flexibility index (Phi) is 2.76. The van der Waals surface area contributed by atoms with Crippen LogP contribution in [0, 0.1) is 0 Å². The van der Waals surface area contributed by atoms with Gasteiger partial charge in [0.2, 0.25) is 0 Å². The van der Waals surface area contributed by atoms with Crippen molar-refractivity contribution in [3.05, 3.63) is 51.4 Å². The van der Waals surface area contributed by atoms with Crippen molar-refractivity contribution in [2.24, 2.45) is 0 Å². The third-order valence-corrected chi connectivity index (χ3v) is 4.73. The van der Waals surface area contributed by atoms with Gasteiger partial charge in [0.05, 0.1) is 17.9 Å². The lowest BCUT2D eigenvalue weighted by Gasteiger charge is -2.37. The molecule has 2 aliphatic rings. The van der Waals surface area contributed by atoms with Gasteiger partial charge in [-0.05, 0) is 31.2 Å². The molecule has 2 heterocycles. The molecule has 2 aromatic rings. The lowest BCUT2D eigenvalue weighted by atomic mass is 9.76. The van der Waals surface area contributed by atoms with E-state index in [0.29, 0.717) is 12.4 Å². The largest absolute Gasteiger partial charge is 0.364 e. The fourth-order valence-corrected chi connectivity index (χ4v) is 3.30. The topological polar surface area (TPSA) is 55.0 Å².